The van der Waals surface area contributed by atoms with Crippen molar-refractivity contribution < 1.29 is 14.3 Å². The fraction of sp³-hybridized carbons (Fsp3) is 0.524. The van der Waals surface area contributed by atoms with Crippen LogP contribution in [0.4, 0.5) is 4.79 Å². The first-order valence-corrected chi connectivity index (χ1v) is 10.2. The first-order valence-electron chi connectivity index (χ1n) is 9.83. The van der Waals surface area contributed by atoms with Gasteiger partial charge in [0.05, 0.1) is 18.2 Å². The minimum atomic E-state index is -0.629. The molecule has 2 aliphatic heterocycles. The monoisotopic (exact) mass is 405 g/mol. The number of nitrogens with one attached hydrogen (secondary N) is 1. The molecule has 28 heavy (non-hydrogen) atoms. The van der Waals surface area contributed by atoms with Crippen LogP contribution in [0.5, 0.6) is 0 Å². The van der Waals surface area contributed by atoms with Gasteiger partial charge >= 0.3 is 12.0 Å². The average Bonchev–Trinajstić information content (AvgIpc) is 2.67. The Morgan fingerprint density at radius 3 is 2.61 bits per heavy atom. The summed E-state index contributed by atoms with van der Waals surface area (Å²) in [4.78, 5) is 29.4. The van der Waals surface area contributed by atoms with Crippen LogP contribution in [-0.2, 0) is 9.53 Å². The largest absolute Gasteiger partial charge is 0.463 e. The number of benzene rings is 1. The lowest BCUT2D eigenvalue weighted by atomic mass is 9.93. The number of likely N-dealkylation sites (tertiary alicyclic amines) is 1. The highest BCUT2D eigenvalue weighted by molar-refractivity contribution is 6.31. The van der Waals surface area contributed by atoms with E-state index in [1.54, 1.807) is 20.0 Å². The number of urea groups is 1. The Kier molecular flexibility index (Phi) is 6.62. The number of amides is 2. The summed E-state index contributed by atoms with van der Waals surface area (Å²) in [6.07, 6.45) is 2.23. The molecular weight excluding hydrogens is 378 g/mol. The topological polar surface area (TPSA) is 61.9 Å². The SMILES string of the molecule is CCOC(=O)C1=C(CN2CCC(C)CC2)N(C)C(=O)NC1c1ccccc1Cl. The van der Waals surface area contributed by atoms with Gasteiger partial charge in [-0.1, -0.05) is 36.7 Å². The molecule has 0 bridgehead atoms. The van der Waals surface area contributed by atoms with Gasteiger partial charge in [-0.2, -0.15) is 0 Å². The summed E-state index contributed by atoms with van der Waals surface area (Å²) >= 11 is 6.39. The maximum Gasteiger partial charge on any atom is 0.338 e. The molecule has 0 saturated carbocycles. The number of esters is 1. The van der Waals surface area contributed by atoms with Crippen LogP contribution < -0.4 is 5.32 Å². The zero-order valence-electron chi connectivity index (χ0n) is 16.7. The summed E-state index contributed by atoms with van der Waals surface area (Å²) in [5.41, 5.74) is 1.83. The van der Waals surface area contributed by atoms with Gasteiger partial charge in [0.2, 0.25) is 0 Å². The van der Waals surface area contributed by atoms with Gasteiger partial charge in [0, 0.05) is 24.3 Å². The smallest absolute Gasteiger partial charge is 0.338 e. The van der Waals surface area contributed by atoms with E-state index in [2.05, 4.69) is 17.1 Å². The molecule has 0 radical (unpaired) electrons. The Labute approximate surface area is 171 Å². The molecule has 1 aromatic carbocycles. The molecule has 1 unspecified atom stereocenters. The number of hydrogen-bond donors (Lipinski definition) is 1. The number of carbonyl (C=O) groups is 2. The number of rotatable bonds is 5. The Morgan fingerprint density at radius 2 is 1.96 bits per heavy atom. The highest BCUT2D eigenvalue weighted by atomic mass is 35.5. The van der Waals surface area contributed by atoms with E-state index in [-0.39, 0.29) is 12.6 Å². The molecule has 2 aliphatic rings. The standard InChI is InChI=1S/C21H28ClN3O3/c1-4-28-20(26)18-17(13-25-11-9-14(2)10-12-25)24(3)21(27)23-19(18)15-7-5-6-8-16(15)22/h5-8,14,19H,4,9-13H2,1-3H3,(H,23,27). The molecule has 1 atom stereocenters. The number of likely N-dealkylation sites (N-methyl/N-ethyl adjacent to an activating group) is 1. The summed E-state index contributed by atoms with van der Waals surface area (Å²) < 4.78 is 5.36. The van der Waals surface area contributed by atoms with Crippen LogP contribution in [0.25, 0.3) is 0 Å². The van der Waals surface area contributed by atoms with Crippen molar-refractivity contribution in [3.63, 3.8) is 0 Å². The van der Waals surface area contributed by atoms with Crippen LogP contribution >= 0.6 is 11.6 Å². The number of hydrogen-bond acceptors (Lipinski definition) is 4. The van der Waals surface area contributed by atoms with Crippen molar-refractivity contribution in [3.05, 3.63) is 46.1 Å². The maximum atomic E-state index is 12.9. The molecule has 1 saturated heterocycles. The van der Waals surface area contributed by atoms with Gasteiger partial charge in [0.25, 0.3) is 0 Å². The first-order chi connectivity index (χ1) is 13.4. The maximum absolute atomic E-state index is 12.9. The van der Waals surface area contributed by atoms with Crippen molar-refractivity contribution in [1.29, 1.82) is 0 Å². The van der Waals surface area contributed by atoms with Gasteiger partial charge < -0.3 is 10.1 Å². The van der Waals surface area contributed by atoms with Crippen LogP contribution in [-0.4, -0.2) is 55.1 Å². The van der Waals surface area contributed by atoms with E-state index in [4.69, 9.17) is 16.3 Å². The molecular formula is C21H28ClN3O3. The third-order valence-corrected chi connectivity index (χ3v) is 5.88. The molecule has 7 heteroatoms. The lowest BCUT2D eigenvalue weighted by Crippen LogP contribution is -2.50. The Bertz CT molecular complexity index is 772. The van der Waals surface area contributed by atoms with Crippen LogP contribution in [0.15, 0.2) is 35.5 Å². The molecule has 1 N–H and O–H groups in total. The molecule has 1 aromatic rings. The molecule has 152 valence electrons. The summed E-state index contributed by atoms with van der Waals surface area (Å²) in [6, 6.07) is 6.38. The van der Waals surface area contributed by atoms with Crippen LogP contribution in [0.2, 0.25) is 5.02 Å². The van der Waals surface area contributed by atoms with Crippen molar-refractivity contribution in [1.82, 2.24) is 15.1 Å². The summed E-state index contributed by atoms with van der Waals surface area (Å²) in [5.74, 6) is 0.290. The fourth-order valence-electron chi connectivity index (χ4n) is 3.77. The molecule has 2 heterocycles. The Balaban J connectivity index is 2.03. The van der Waals surface area contributed by atoms with Crippen LogP contribution in [0, 0.1) is 5.92 Å². The number of halogens is 1. The van der Waals surface area contributed by atoms with E-state index in [1.165, 1.54) is 4.90 Å². The van der Waals surface area contributed by atoms with Gasteiger partial charge in [-0.05, 0) is 50.4 Å². The number of nitrogens with zero attached hydrogens (tertiary/aromatic N) is 2. The Hall–Kier alpha value is -2.05. The summed E-state index contributed by atoms with van der Waals surface area (Å²) in [6.45, 7) is 6.74. The van der Waals surface area contributed by atoms with Gasteiger partial charge in [-0.15, -0.1) is 0 Å². The van der Waals surface area contributed by atoms with Crippen molar-refractivity contribution in [2.24, 2.45) is 5.92 Å². The first kappa shape index (κ1) is 20.7. The van der Waals surface area contributed by atoms with E-state index in [9.17, 15) is 9.59 Å². The normalized spacial score (nSPS) is 21.6. The molecule has 0 aromatic heterocycles. The molecule has 1 fully saturated rings. The van der Waals surface area contributed by atoms with Crippen molar-refractivity contribution in [3.8, 4) is 0 Å². The summed E-state index contributed by atoms with van der Waals surface area (Å²) in [7, 11) is 1.69. The predicted octanol–water partition coefficient (Wildman–Crippen LogP) is 3.59. The molecule has 0 spiro atoms. The molecule has 0 aliphatic carbocycles. The highest BCUT2D eigenvalue weighted by Gasteiger charge is 2.38. The number of piperidine rings is 1. The van der Waals surface area contributed by atoms with Gasteiger partial charge in [-0.25, -0.2) is 9.59 Å². The number of carbonyl (C=O) groups excluding carboxylic acids is 2. The zero-order chi connectivity index (χ0) is 20.3. The third kappa shape index (κ3) is 4.33. The molecule has 3 rings (SSSR count). The van der Waals surface area contributed by atoms with Crippen LogP contribution in [0.3, 0.4) is 0 Å². The lowest BCUT2D eigenvalue weighted by molar-refractivity contribution is -0.139. The van der Waals surface area contributed by atoms with E-state index in [0.717, 1.165) is 25.9 Å². The second-order valence-corrected chi connectivity index (χ2v) is 7.91. The number of ether oxygens (including phenoxy) is 1. The lowest BCUT2D eigenvalue weighted by Gasteiger charge is -2.38. The fourth-order valence-corrected chi connectivity index (χ4v) is 4.02. The minimum Gasteiger partial charge on any atom is -0.463 e. The average molecular weight is 406 g/mol. The molecule has 2 amide bonds. The van der Waals surface area contributed by atoms with E-state index >= 15 is 0 Å². The Morgan fingerprint density at radius 1 is 1.29 bits per heavy atom. The van der Waals surface area contributed by atoms with E-state index in [0.29, 0.717) is 34.3 Å². The second kappa shape index (κ2) is 8.97. The summed E-state index contributed by atoms with van der Waals surface area (Å²) in [5, 5.41) is 3.42. The van der Waals surface area contributed by atoms with Gasteiger partial charge in [-0.3, -0.25) is 9.80 Å². The van der Waals surface area contributed by atoms with Gasteiger partial charge in [0.15, 0.2) is 0 Å². The molecule has 6 nitrogen and oxygen atoms in total. The second-order valence-electron chi connectivity index (χ2n) is 7.50. The third-order valence-electron chi connectivity index (χ3n) is 5.54. The van der Waals surface area contributed by atoms with E-state index in [1.807, 2.05) is 18.2 Å². The van der Waals surface area contributed by atoms with Crippen molar-refractivity contribution in [2.45, 2.75) is 32.7 Å². The minimum absolute atomic E-state index is 0.252. The van der Waals surface area contributed by atoms with Gasteiger partial charge in [0.1, 0.15) is 0 Å². The van der Waals surface area contributed by atoms with E-state index < -0.39 is 12.0 Å². The highest BCUT2D eigenvalue weighted by Crippen LogP contribution is 2.35. The quantitative estimate of drug-likeness (QED) is 0.760. The van der Waals surface area contributed by atoms with Crippen LogP contribution in [0.1, 0.15) is 38.3 Å². The predicted molar refractivity (Wildman–Crippen MR) is 109 cm³/mol. The van der Waals surface area contributed by atoms with Crippen molar-refractivity contribution >= 4 is 23.6 Å². The zero-order valence-corrected chi connectivity index (χ0v) is 17.5. The van der Waals surface area contributed by atoms with Crippen molar-refractivity contribution in [2.75, 3.05) is 33.3 Å².